The Morgan fingerprint density at radius 3 is 2.46 bits per heavy atom. The number of ether oxygens (including phenoxy) is 2. The number of methoxy groups -OCH3 is 2. The first-order valence-electron chi connectivity index (χ1n) is 19.2. The number of rotatable bonds is 15. The van der Waals surface area contributed by atoms with Gasteiger partial charge in [0.25, 0.3) is 0 Å². The van der Waals surface area contributed by atoms with Crippen LogP contribution in [0.4, 0.5) is 0 Å². The molecule has 3 aromatic carbocycles. The van der Waals surface area contributed by atoms with E-state index in [1.165, 1.54) is 0 Å². The number of benzene rings is 3. The number of carbonyl (C=O) groups excluding carboxylic acids is 1. The van der Waals surface area contributed by atoms with Crippen molar-refractivity contribution in [2.45, 2.75) is 64.2 Å². The molecule has 3 N–H and O–H groups in total. The van der Waals surface area contributed by atoms with Crippen LogP contribution in [0.25, 0.3) is 33.3 Å². The van der Waals surface area contributed by atoms with Gasteiger partial charge in [0.1, 0.15) is 5.75 Å². The molecule has 1 amide bonds. The fraction of sp³-hybridized carbons (Fsp3) is 0.395. The lowest BCUT2D eigenvalue weighted by Crippen LogP contribution is -2.35. The maximum Gasteiger partial charge on any atom is 0.306 e. The summed E-state index contributed by atoms with van der Waals surface area (Å²) < 4.78 is 13.5. The van der Waals surface area contributed by atoms with Crippen LogP contribution in [-0.4, -0.2) is 77.0 Å². The number of fused-ring (bicyclic) bond motifs is 1. The van der Waals surface area contributed by atoms with E-state index in [4.69, 9.17) is 42.8 Å². The molecular formula is C43H48Cl2N6O5. The van der Waals surface area contributed by atoms with Crippen LogP contribution in [0, 0.1) is 11.8 Å². The number of aliphatic carboxylic acids is 1. The SMILES string of the molecule is COc1cc(Cn2ncc3c(-c4cccc(-c5ccc(CNC[C@@H]6CCC(=O)N6)c(OC)n5)c4Cl)cccc32)c(Cl)cc1CN(C)C[C@H]1CC[C@H](C(=O)O)CC1. The maximum absolute atomic E-state index is 11.6. The van der Waals surface area contributed by atoms with E-state index in [9.17, 15) is 14.7 Å². The summed E-state index contributed by atoms with van der Waals surface area (Å²) in [5.41, 5.74) is 7.04. The average Bonchev–Trinajstić information content (AvgIpc) is 3.81. The Kier molecular flexibility index (Phi) is 12.5. The van der Waals surface area contributed by atoms with Gasteiger partial charge in [-0.2, -0.15) is 5.10 Å². The van der Waals surface area contributed by atoms with Crippen LogP contribution >= 0.6 is 23.2 Å². The fourth-order valence-corrected chi connectivity index (χ4v) is 8.74. The lowest BCUT2D eigenvalue weighted by molar-refractivity contribution is -0.143. The lowest BCUT2D eigenvalue weighted by atomic mass is 9.82. The summed E-state index contributed by atoms with van der Waals surface area (Å²) in [6.45, 7) is 3.24. The Morgan fingerprint density at radius 1 is 0.964 bits per heavy atom. The van der Waals surface area contributed by atoms with Crippen molar-refractivity contribution >= 4 is 46.0 Å². The van der Waals surface area contributed by atoms with E-state index in [2.05, 4.69) is 22.6 Å². The van der Waals surface area contributed by atoms with E-state index in [0.29, 0.717) is 60.1 Å². The third-order valence-corrected chi connectivity index (χ3v) is 11.9. The van der Waals surface area contributed by atoms with E-state index in [1.807, 2.05) is 71.5 Å². The van der Waals surface area contributed by atoms with Crippen LogP contribution in [0.15, 0.2) is 66.9 Å². The summed E-state index contributed by atoms with van der Waals surface area (Å²) in [5.74, 6) is 0.972. The van der Waals surface area contributed by atoms with Crippen molar-refractivity contribution in [1.82, 2.24) is 30.3 Å². The van der Waals surface area contributed by atoms with Gasteiger partial charge in [0.2, 0.25) is 11.8 Å². The predicted molar refractivity (Wildman–Crippen MR) is 219 cm³/mol. The van der Waals surface area contributed by atoms with Gasteiger partial charge in [-0.1, -0.05) is 59.6 Å². The molecule has 0 radical (unpaired) electrons. The first-order chi connectivity index (χ1) is 27.1. The van der Waals surface area contributed by atoms with Gasteiger partial charge in [0.15, 0.2) is 0 Å². The minimum absolute atomic E-state index is 0.101. The highest BCUT2D eigenvalue weighted by Crippen LogP contribution is 2.40. The quantitative estimate of drug-likeness (QED) is 0.0971. The summed E-state index contributed by atoms with van der Waals surface area (Å²) in [4.78, 5) is 30.0. The second-order valence-electron chi connectivity index (χ2n) is 15.0. The number of pyridine rings is 1. The zero-order valence-electron chi connectivity index (χ0n) is 32.0. The molecule has 1 aliphatic heterocycles. The summed E-state index contributed by atoms with van der Waals surface area (Å²) in [6.07, 6.45) is 6.62. The normalized spacial score (nSPS) is 18.4. The summed E-state index contributed by atoms with van der Waals surface area (Å²) in [5, 5.41) is 22.7. The maximum atomic E-state index is 11.6. The molecule has 0 unspecified atom stereocenters. The number of halogens is 2. The molecular weight excluding hydrogens is 751 g/mol. The zero-order valence-corrected chi connectivity index (χ0v) is 33.5. The number of nitrogens with one attached hydrogen (secondary N) is 2. The van der Waals surface area contributed by atoms with E-state index in [0.717, 1.165) is 88.7 Å². The Balaban J connectivity index is 1.07. The monoisotopic (exact) mass is 798 g/mol. The number of nitrogens with zero attached hydrogens (tertiary/aromatic N) is 4. The molecule has 1 atom stereocenters. The molecule has 5 aromatic rings. The highest BCUT2D eigenvalue weighted by Gasteiger charge is 2.27. The molecule has 11 nitrogen and oxygen atoms in total. The predicted octanol–water partition coefficient (Wildman–Crippen LogP) is 7.83. The first kappa shape index (κ1) is 39.6. The molecule has 1 saturated heterocycles. The van der Waals surface area contributed by atoms with Gasteiger partial charge in [-0.25, -0.2) is 4.98 Å². The Hall–Kier alpha value is -4.68. The number of carbonyl (C=O) groups is 2. The van der Waals surface area contributed by atoms with Gasteiger partial charge in [-0.3, -0.25) is 14.3 Å². The minimum atomic E-state index is -0.675. The number of carboxylic acid groups (broad SMARTS) is 1. The topological polar surface area (TPSA) is 131 Å². The van der Waals surface area contributed by atoms with Crippen molar-refractivity contribution in [3.8, 4) is 34.0 Å². The van der Waals surface area contributed by atoms with Crippen molar-refractivity contribution < 1.29 is 24.2 Å². The Labute approximate surface area is 337 Å². The number of hydrogen-bond acceptors (Lipinski definition) is 8. The van der Waals surface area contributed by atoms with E-state index in [1.54, 1.807) is 14.2 Å². The van der Waals surface area contributed by atoms with Crippen LogP contribution in [0.2, 0.25) is 10.0 Å². The number of aromatic nitrogens is 3. The van der Waals surface area contributed by atoms with Crippen molar-refractivity contribution in [2.75, 3.05) is 34.4 Å². The molecule has 56 heavy (non-hydrogen) atoms. The Morgan fingerprint density at radius 2 is 1.73 bits per heavy atom. The van der Waals surface area contributed by atoms with Gasteiger partial charge in [-0.15, -0.1) is 0 Å². The van der Waals surface area contributed by atoms with Crippen molar-refractivity contribution in [3.63, 3.8) is 0 Å². The second-order valence-corrected chi connectivity index (χ2v) is 15.8. The van der Waals surface area contributed by atoms with E-state index >= 15 is 0 Å². The number of carboxylic acids is 1. The second kappa shape index (κ2) is 17.6. The number of amides is 1. The third kappa shape index (κ3) is 8.81. The molecule has 0 bridgehead atoms. The smallest absolute Gasteiger partial charge is 0.306 e. The van der Waals surface area contributed by atoms with E-state index in [-0.39, 0.29) is 17.9 Å². The van der Waals surface area contributed by atoms with Crippen molar-refractivity contribution in [1.29, 1.82) is 0 Å². The van der Waals surface area contributed by atoms with Gasteiger partial charge in [-0.05, 0) is 80.5 Å². The third-order valence-electron chi connectivity index (χ3n) is 11.2. The molecule has 13 heteroatoms. The molecule has 2 aliphatic rings. The zero-order chi connectivity index (χ0) is 39.3. The van der Waals surface area contributed by atoms with Crippen LogP contribution in [0.1, 0.15) is 55.2 Å². The van der Waals surface area contributed by atoms with Gasteiger partial charge in [0.05, 0.1) is 49.1 Å². The summed E-state index contributed by atoms with van der Waals surface area (Å²) in [7, 11) is 5.37. The molecule has 0 spiro atoms. The molecule has 7 rings (SSSR count). The summed E-state index contributed by atoms with van der Waals surface area (Å²) >= 11 is 14.1. The fourth-order valence-electron chi connectivity index (χ4n) is 8.17. The van der Waals surface area contributed by atoms with Crippen LogP contribution in [-0.2, 0) is 29.2 Å². The standard InChI is InChI=1S/C43H48Cl2N6O5/c1-50(23-26-10-12-27(13-11-26)43(53)54)24-30-18-36(44)29(19-39(30)55-2)25-51-38-9-5-6-32(35(38)22-47-51)33-7-4-8-34(41(33)45)37-16-14-28(42(49-37)56-3)20-46-21-31-15-17-40(52)48-31/h4-9,14,16,18-19,22,26-27,31,46H,10-13,15,17,20-21,23-25H2,1-3H3,(H,48,52)(H,53,54)/t26-,27-,31-/m0/s1. The molecule has 3 heterocycles. The molecule has 1 aliphatic carbocycles. The van der Waals surface area contributed by atoms with Crippen LogP contribution < -0.4 is 20.1 Å². The molecule has 1 saturated carbocycles. The van der Waals surface area contributed by atoms with Gasteiger partial charge >= 0.3 is 5.97 Å². The molecule has 2 aromatic heterocycles. The van der Waals surface area contributed by atoms with Crippen molar-refractivity contribution in [2.24, 2.45) is 11.8 Å². The highest BCUT2D eigenvalue weighted by atomic mass is 35.5. The van der Waals surface area contributed by atoms with Crippen LogP contribution in [0.3, 0.4) is 0 Å². The average molecular weight is 800 g/mol. The minimum Gasteiger partial charge on any atom is -0.496 e. The van der Waals surface area contributed by atoms with Crippen LogP contribution in [0.5, 0.6) is 11.6 Å². The van der Waals surface area contributed by atoms with E-state index < -0.39 is 5.97 Å². The largest absolute Gasteiger partial charge is 0.496 e. The van der Waals surface area contributed by atoms with Gasteiger partial charge in [0, 0.05) is 71.3 Å². The van der Waals surface area contributed by atoms with Gasteiger partial charge < -0.3 is 30.1 Å². The molecule has 2 fully saturated rings. The molecule has 294 valence electrons. The first-order valence-corrected chi connectivity index (χ1v) is 19.9. The highest BCUT2D eigenvalue weighted by molar-refractivity contribution is 6.36. The Bertz CT molecular complexity index is 2220. The summed E-state index contributed by atoms with van der Waals surface area (Å²) in [6, 6.07) is 20.1. The lowest BCUT2D eigenvalue weighted by Gasteiger charge is -2.30. The number of hydrogen-bond donors (Lipinski definition) is 3. The van der Waals surface area contributed by atoms with Crippen molar-refractivity contribution in [3.05, 3.63) is 93.6 Å².